The second-order valence-corrected chi connectivity index (χ2v) is 17.0. The number of aromatic nitrogens is 6. The fourth-order valence-corrected chi connectivity index (χ4v) is 9.60. The molecule has 1 atom stereocenters. The van der Waals surface area contributed by atoms with Crippen LogP contribution in [0.5, 0.6) is 0 Å². The van der Waals surface area contributed by atoms with Crippen molar-refractivity contribution in [3.8, 4) is 68.1 Å². The van der Waals surface area contributed by atoms with E-state index in [0.29, 0.717) is 35.1 Å². The Labute approximate surface area is 393 Å². The van der Waals surface area contributed by atoms with Crippen molar-refractivity contribution in [2.75, 3.05) is 4.90 Å². The zero-order valence-electron chi connectivity index (χ0n) is 36.6. The zero-order chi connectivity index (χ0) is 45.0. The molecule has 0 radical (unpaired) electrons. The molecule has 0 saturated carbocycles. The monoisotopic (exact) mass is 871 g/mol. The van der Waals surface area contributed by atoms with Crippen molar-refractivity contribution >= 4 is 39.9 Å². The first-order chi connectivity index (χ1) is 33.7. The van der Waals surface area contributed by atoms with Crippen molar-refractivity contribution in [2.24, 2.45) is 0 Å². The van der Waals surface area contributed by atoms with Crippen molar-refractivity contribution in [3.63, 3.8) is 0 Å². The molecule has 13 rings (SSSR count). The summed E-state index contributed by atoms with van der Waals surface area (Å²) in [5.41, 5.74) is 15.3. The van der Waals surface area contributed by atoms with E-state index >= 15 is 0 Å². The first-order valence-corrected chi connectivity index (χ1v) is 22.7. The predicted octanol–water partition coefficient (Wildman–Crippen LogP) is 13.3. The van der Waals surface area contributed by atoms with E-state index in [9.17, 15) is 0 Å². The summed E-state index contributed by atoms with van der Waals surface area (Å²) in [6, 6.07) is 74.9. The molecule has 1 aliphatic carbocycles. The van der Waals surface area contributed by atoms with Gasteiger partial charge in [-0.05, 0) is 105 Å². The van der Waals surface area contributed by atoms with E-state index in [1.807, 2.05) is 97.1 Å². The van der Waals surface area contributed by atoms with Gasteiger partial charge in [0.2, 0.25) is 11.6 Å². The standard InChI is InChI=1S/C60H39N8/c1-7-19-39(20-8-1)45-31-34-51-52(37-45)68(60-65-57(43-27-15-5-16-28-43)64-58(66-60)44-29-17-6-18-30-44)53-38-47(40-21-9-2-10-22-40)36-49-48-35-46(32-33-50(48)67(51)54(49)53)59-62-55(41-23-11-3-12-24-41)61-56(63-59)42-25-13-4-14-26-42/h1-38,54H/q+1. The molecular formula is C60H39N8+. The quantitative estimate of drug-likeness (QED) is 0.141. The lowest BCUT2D eigenvalue weighted by atomic mass is 9.86. The Balaban J connectivity index is 1.07. The molecular weight excluding hydrogens is 833 g/mol. The molecule has 3 aliphatic rings. The average Bonchev–Trinajstić information content (AvgIpc) is 3.76. The van der Waals surface area contributed by atoms with Gasteiger partial charge in [0.25, 0.3) is 0 Å². The van der Waals surface area contributed by atoms with Crippen LogP contribution in [-0.2, 0) is 0 Å². The van der Waals surface area contributed by atoms with Crippen molar-refractivity contribution in [2.45, 2.75) is 6.04 Å². The third-order valence-corrected chi connectivity index (χ3v) is 12.8. The van der Waals surface area contributed by atoms with Gasteiger partial charge in [-0.2, -0.15) is 9.56 Å². The zero-order valence-corrected chi connectivity index (χ0v) is 36.6. The van der Waals surface area contributed by atoms with Gasteiger partial charge >= 0.3 is 5.95 Å². The third kappa shape index (κ3) is 6.82. The fourth-order valence-electron chi connectivity index (χ4n) is 9.60. The summed E-state index contributed by atoms with van der Waals surface area (Å²) >= 11 is 0. The van der Waals surface area contributed by atoms with Gasteiger partial charge in [0.05, 0.1) is 5.69 Å². The first-order valence-electron chi connectivity index (χ1n) is 22.7. The van der Waals surface area contributed by atoms with Crippen LogP contribution in [-0.4, -0.2) is 41.7 Å². The Morgan fingerprint density at radius 3 is 1.25 bits per heavy atom. The van der Waals surface area contributed by atoms with Crippen LogP contribution in [0.4, 0.5) is 23.0 Å². The van der Waals surface area contributed by atoms with Crippen LogP contribution in [0.3, 0.4) is 0 Å². The van der Waals surface area contributed by atoms with Crippen molar-refractivity contribution in [3.05, 3.63) is 242 Å². The van der Waals surface area contributed by atoms with Crippen LogP contribution < -0.4 is 9.48 Å². The van der Waals surface area contributed by atoms with Gasteiger partial charge in [0, 0.05) is 39.1 Å². The normalized spacial score (nSPS) is 14.4. The summed E-state index contributed by atoms with van der Waals surface area (Å²) in [7, 11) is 0. The van der Waals surface area contributed by atoms with Crippen molar-refractivity contribution in [1.82, 2.24) is 34.5 Å². The molecule has 8 heteroatoms. The molecule has 8 nitrogen and oxygen atoms in total. The average molecular weight is 872 g/mol. The number of benzene rings is 8. The first kappa shape index (κ1) is 39.1. The molecule has 1 unspecified atom stereocenters. The smallest absolute Gasteiger partial charge is 0.323 e. The van der Waals surface area contributed by atoms with E-state index < -0.39 is 0 Å². The van der Waals surface area contributed by atoms with E-state index in [1.54, 1.807) is 0 Å². The highest BCUT2D eigenvalue weighted by Gasteiger charge is 2.47. The van der Waals surface area contributed by atoms with Crippen LogP contribution in [0.1, 0.15) is 11.1 Å². The minimum Gasteiger partial charge on any atom is -0.323 e. The lowest BCUT2D eigenvalue weighted by Gasteiger charge is -2.36. The summed E-state index contributed by atoms with van der Waals surface area (Å²) in [6.45, 7) is 0. The second kappa shape index (κ2) is 16.3. The fraction of sp³-hybridized carbons (Fsp3) is 0.0167. The van der Waals surface area contributed by atoms with Crippen LogP contribution in [0.15, 0.2) is 231 Å². The van der Waals surface area contributed by atoms with Crippen molar-refractivity contribution in [1.29, 1.82) is 0 Å². The van der Waals surface area contributed by atoms with E-state index in [4.69, 9.17) is 29.9 Å². The number of hydrogen-bond donors (Lipinski definition) is 0. The molecule has 68 heavy (non-hydrogen) atoms. The molecule has 0 saturated heterocycles. The summed E-state index contributed by atoms with van der Waals surface area (Å²) in [4.78, 5) is 33.6. The minimum atomic E-state index is -0.224. The Morgan fingerprint density at radius 1 is 0.338 bits per heavy atom. The van der Waals surface area contributed by atoms with Gasteiger partial charge in [-0.3, -0.25) is 0 Å². The van der Waals surface area contributed by atoms with E-state index in [1.165, 1.54) is 0 Å². The molecule has 0 N–H and O–H groups in total. The van der Waals surface area contributed by atoms with Crippen molar-refractivity contribution < 1.29 is 0 Å². The maximum Gasteiger partial charge on any atom is 0.442 e. The number of allylic oxidation sites excluding steroid dienone is 2. The molecule has 318 valence electrons. The van der Waals surface area contributed by atoms with Gasteiger partial charge in [-0.25, -0.2) is 15.0 Å². The highest BCUT2D eigenvalue weighted by Crippen LogP contribution is 2.54. The molecule has 8 aromatic carbocycles. The number of nitrogens with zero attached hydrogens (tertiary/aromatic N) is 8. The molecule has 2 aromatic heterocycles. The third-order valence-electron chi connectivity index (χ3n) is 12.8. The second-order valence-electron chi connectivity index (χ2n) is 17.0. The predicted molar refractivity (Wildman–Crippen MR) is 273 cm³/mol. The Hall–Kier alpha value is -9.27. The highest BCUT2D eigenvalue weighted by molar-refractivity contribution is 6.25. The molecule has 0 amide bonds. The minimum absolute atomic E-state index is 0.224. The number of fused-ring (bicyclic) bond motifs is 5. The Morgan fingerprint density at radius 2 is 0.750 bits per heavy atom. The number of anilines is 2. The molecule has 0 spiro atoms. The Kier molecular flexibility index (Phi) is 9.38. The van der Waals surface area contributed by atoms with Crippen LogP contribution in [0.25, 0.3) is 79.2 Å². The van der Waals surface area contributed by atoms with E-state index in [0.717, 1.165) is 84.0 Å². The SMILES string of the molecule is C1=C(c2ccccc2)C=C2c3cc(-c4nc(-c5ccccc5)nc(-c5ccccc5)n4)ccc3N3c4ccc(-c5ccccc5)cc4[N+](c4nc(-c5ccccc5)nc(-c5ccccc5)n4)=C1C23. The van der Waals surface area contributed by atoms with Gasteiger partial charge in [0.15, 0.2) is 17.5 Å². The molecule has 0 bridgehead atoms. The summed E-state index contributed by atoms with van der Waals surface area (Å²) in [6.07, 6.45) is 4.67. The largest absolute Gasteiger partial charge is 0.442 e. The lowest BCUT2D eigenvalue weighted by Crippen LogP contribution is -2.44. The lowest BCUT2D eigenvalue weighted by molar-refractivity contribution is 0.872. The summed E-state index contributed by atoms with van der Waals surface area (Å²) in [5.74, 6) is 3.57. The van der Waals surface area contributed by atoms with Gasteiger partial charge in [-0.1, -0.05) is 164 Å². The molecule has 10 aromatic rings. The molecule has 4 heterocycles. The number of hydrogen-bond acceptors (Lipinski definition) is 7. The van der Waals surface area contributed by atoms with Crippen LogP contribution in [0, 0.1) is 0 Å². The summed E-state index contributed by atoms with van der Waals surface area (Å²) < 4.78 is 2.27. The topological polar surface area (TPSA) is 83.6 Å². The Bertz CT molecular complexity index is 3540. The van der Waals surface area contributed by atoms with E-state index in [2.05, 4.69) is 143 Å². The highest BCUT2D eigenvalue weighted by atomic mass is 15.3. The van der Waals surface area contributed by atoms with Gasteiger partial charge < -0.3 is 4.90 Å². The van der Waals surface area contributed by atoms with Gasteiger partial charge in [-0.15, -0.1) is 0 Å². The summed E-state index contributed by atoms with van der Waals surface area (Å²) in [5, 5.41) is 0. The van der Waals surface area contributed by atoms with Crippen LogP contribution >= 0.6 is 0 Å². The molecule has 2 aliphatic heterocycles. The maximum atomic E-state index is 5.38. The maximum absolute atomic E-state index is 5.38. The van der Waals surface area contributed by atoms with E-state index in [-0.39, 0.29) is 6.04 Å². The molecule has 0 fully saturated rings. The van der Waals surface area contributed by atoms with Gasteiger partial charge in [0.1, 0.15) is 17.4 Å². The number of rotatable bonds is 8. The van der Waals surface area contributed by atoms with Crippen LogP contribution in [0.2, 0.25) is 0 Å².